The number of aryl methyl sites for hydroxylation is 1. The Hall–Kier alpha value is -2.62. The fourth-order valence-corrected chi connectivity index (χ4v) is 1.84. The molecule has 2 rings (SSSR count). The summed E-state index contributed by atoms with van der Waals surface area (Å²) in [6.45, 7) is 2.33. The molecule has 0 aliphatic heterocycles. The first-order valence-corrected chi connectivity index (χ1v) is 6.22. The zero-order valence-corrected chi connectivity index (χ0v) is 11.1. The lowest BCUT2D eigenvalue weighted by molar-refractivity contribution is -0.255. The molecule has 0 atom stereocenters. The van der Waals surface area contributed by atoms with Gasteiger partial charge in [0.15, 0.2) is 0 Å². The monoisotopic (exact) mass is 268 g/mol. The number of rotatable bonds is 4. The van der Waals surface area contributed by atoms with Crippen molar-refractivity contribution in [3.8, 4) is 0 Å². The van der Waals surface area contributed by atoms with E-state index >= 15 is 0 Å². The van der Waals surface area contributed by atoms with Crippen molar-refractivity contribution in [2.45, 2.75) is 13.5 Å². The second-order valence-corrected chi connectivity index (χ2v) is 4.50. The molecule has 1 N–H and O–H groups in total. The van der Waals surface area contributed by atoms with E-state index < -0.39 is 11.9 Å². The molecule has 0 aliphatic rings. The van der Waals surface area contributed by atoms with Gasteiger partial charge in [0.05, 0.1) is 5.97 Å². The molecule has 1 amide bonds. The lowest BCUT2D eigenvalue weighted by Gasteiger charge is -2.10. The van der Waals surface area contributed by atoms with Crippen LogP contribution in [0.3, 0.4) is 0 Å². The predicted molar refractivity (Wildman–Crippen MR) is 73.1 cm³/mol. The molecule has 0 spiro atoms. The van der Waals surface area contributed by atoms with Crippen molar-refractivity contribution in [2.75, 3.05) is 0 Å². The van der Waals surface area contributed by atoms with Crippen LogP contribution in [0.2, 0.25) is 0 Å². The molecule has 4 nitrogen and oxygen atoms in total. The molecule has 0 saturated carbocycles. The van der Waals surface area contributed by atoms with Gasteiger partial charge in [-0.2, -0.15) is 0 Å². The standard InChI is InChI=1S/C16H15NO3/c1-11-6-8-12(9-7-11)10-17-15(18)13-4-2-3-5-14(13)16(19)20/h2-9H,10H2,1H3,(H,17,18)(H,19,20)/p-1. The van der Waals surface area contributed by atoms with Crippen molar-refractivity contribution >= 4 is 11.9 Å². The quantitative estimate of drug-likeness (QED) is 0.908. The summed E-state index contributed by atoms with van der Waals surface area (Å²) in [5.41, 5.74) is 2.10. The van der Waals surface area contributed by atoms with Gasteiger partial charge < -0.3 is 15.2 Å². The highest BCUT2D eigenvalue weighted by Gasteiger charge is 2.10. The van der Waals surface area contributed by atoms with Gasteiger partial charge in [-0.15, -0.1) is 0 Å². The Morgan fingerprint density at radius 1 is 1.00 bits per heavy atom. The Labute approximate surface area is 117 Å². The minimum Gasteiger partial charge on any atom is -0.545 e. The predicted octanol–water partition coefficient (Wildman–Crippen LogP) is 1.29. The van der Waals surface area contributed by atoms with Crippen molar-refractivity contribution in [3.05, 3.63) is 70.8 Å². The van der Waals surface area contributed by atoms with Crippen molar-refractivity contribution in [3.63, 3.8) is 0 Å². The average molecular weight is 268 g/mol. The van der Waals surface area contributed by atoms with Crippen molar-refractivity contribution in [1.29, 1.82) is 0 Å². The van der Waals surface area contributed by atoms with Gasteiger partial charge in [-0.25, -0.2) is 0 Å². The Morgan fingerprint density at radius 3 is 2.20 bits per heavy atom. The third-order valence-electron chi connectivity index (χ3n) is 2.97. The maximum absolute atomic E-state index is 12.0. The summed E-state index contributed by atoms with van der Waals surface area (Å²) >= 11 is 0. The van der Waals surface area contributed by atoms with Crippen LogP contribution in [0.25, 0.3) is 0 Å². The molecule has 0 fully saturated rings. The maximum Gasteiger partial charge on any atom is 0.252 e. The summed E-state index contributed by atoms with van der Waals surface area (Å²) in [5, 5.41) is 13.6. The SMILES string of the molecule is Cc1ccc(CNC(=O)c2ccccc2C(=O)[O-])cc1. The number of aromatic carboxylic acids is 1. The van der Waals surface area contributed by atoms with Gasteiger partial charge in [-0.05, 0) is 18.6 Å². The molecular formula is C16H14NO3-. The molecule has 0 aliphatic carbocycles. The second kappa shape index (κ2) is 6.02. The van der Waals surface area contributed by atoms with Gasteiger partial charge in [-0.1, -0.05) is 48.0 Å². The molecule has 0 radical (unpaired) electrons. The lowest BCUT2D eigenvalue weighted by atomic mass is 10.1. The average Bonchev–Trinajstić information content (AvgIpc) is 2.46. The first kappa shape index (κ1) is 13.8. The van der Waals surface area contributed by atoms with Crippen LogP contribution in [0.1, 0.15) is 31.8 Å². The van der Waals surface area contributed by atoms with Gasteiger partial charge in [0.2, 0.25) is 0 Å². The fraction of sp³-hybridized carbons (Fsp3) is 0.125. The number of amides is 1. The first-order chi connectivity index (χ1) is 9.58. The molecule has 0 saturated heterocycles. The molecular weight excluding hydrogens is 254 g/mol. The zero-order chi connectivity index (χ0) is 14.5. The Bertz CT molecular complexity index is 632. The number of nitrogens with one attached hydrogen (secondary N) is 1. The maximum atomic E-state index is 12.0. The van der Waals surface area contributed by atoms with E-state index in [2.05, 4.69) is 5.32 Å². The van der Waals surface area contributed by atoms with E-state index in [0.717, 1.165) is 11.1 Å². The van der Waals surface area contributed by atoms with Crippen LogP contribution in [0.4, 0.5) is 0 Å². The molecule has 0 bridgehead atoms. The van der Waals surface area contributed by atoms with Gasteiger partial charge in [0.1, 0.15) is 0 Å². The van der Waals surface area contributed by atoms with Crippen molar-refractivity contribution in [1.82, 2.24) is 5.32 Å². The van der Waals surface area contributed by atoms with E-state index in [1.807, 2.05) is 31.2 Å². The van der Waals surface area contributed by atoms with Crippen molar-refractivity contribution < 1.29 is 14.7 Å². The van der Waals surface area contributed by atoms with E-state index in [9.17, 15) is 14.7 Å². The number of carboxylic acid groups (broad SMARTS) is 1. The molecule has 0 unspecified atom stereocenters. The molecule has 2 aromatic carbocycles. The van der Waals surface area contributed by atoms with E-state index in [1.165, 1.54) is 12.1 Å². The molecule has 20 heavy (non-hydrogen) atoms. The zero-order valence-electron chi connectivity index (χ0n) is 11.1. The molecule has 0 aromatic heterocycles. The summed E-state index contributed by atoms with van der Waals surface area (Å²) in [7, 11) is 0. The number of hydrogen-bond donors (Lipinski definition) is 1. The summed E-state index contributed by atoms with van der Waals surface area (Å²) in [6, 6.07) is 13.7. The van der Waals surface area contributed by atoms with E-state index in [-0.39, 0.29) is 11.1 Å². The normalized spacial score (nSPS) is 10.1. The van der Waals surface area contributed by atoms with Crippen LogP contribution < -0.4 is 10.4 Å². The molecule has 4 heteroatoms. The van der Waals surface area contributed by atoms with Crippen LogP contribution in [0.15, 0.2) is 48.5 Å². The van der Waals surface area contributed by atoms with Gasteiger partial charge >= 0.3 is 0 Å². The Morgan fingerprint density at radius 2 is 1.60 bits per heavy atom. The van der Waals surface area contributed by atoms with Crippen LogP contribution >= 0.6 is 0 Å². The minimum atomic E-state index is -1.36. The summed E-state index contributed by atoms with van der Waals surface area (Å²) in [4.78, 5) is 23.0. The highest BCUT2D eigenvalue weighted by atomic mass is 16.4. The number of hydrogen-bond acceptors (Lipinski definition) is 3. The number of carbonyl (C=O) groups excluding carboxylic acids is 2. The summed E-state index contributed by atoms with van der Waals surface area (Å²) in [5.74, 6) is -1.78. The Kier molecular flexibility index (Phi) is 4.15. The number of carboxylic acids is 1. The third kappa shape index (κ3) is 3.23. The highest BCUT2D eigenvalue weighted by molar-refractivity contribution is 6.04. The fourth-order valence-electron chi connectivity index (χ4n) is 1.84. The van der Waals surface area contributed by atoms with E-state index in [4.69, 9.17) is 0 Å². The molecule has 102 valence electrons. The first-order valence-electron chi connectivity index (χ1n) is 6.22. The summed E-state index contributed by atoms with van der Waals surface area (Å²) < 4.78 is 0. The lowest BCUT2D eigenvalue weighted by Crippen LogP contribution is -2.29. The van der Waals surface area contributed by atoms with Crippen LogP contribution in [-0.2, 0) is 6.54 Å². The van der Waals surface area contributed by atoms with Gasteiger partial charge in [0, 0.05) is 17.7 Å². The minimum absolute atomic E-state index is 0.103. The second-order valence-electron chi connectivity index (χ2n) is 4.50. The Balaban J connectivity index is 2.09. The van der Waals surface area contributed by atoms with E-state index in [1.54, 1.807) is 12.1 Å². The van der Waals surface area contributed by atoms with Crippen molar-refractivity contribution in [2.24, 2.45) is 0 Å². The molecule has 0 heterocycles. The van der Waals surface area contributed by atoms with Gasteiger partial charge in [0.25, 0.3) is 5.91 Å². The smallest absolute Gasteiger partial charge is 0.252 e. The molecule has 2 aromatic rings. The number of benzene rings is 2. The largest absolute Gasteiger partial charge is 0.545 e. The van der Waals surface area contributed by atoms with Crippen LogP contribution in [0, 0.1) is 6.92 Å². The summed E-state index contributed by atoms with van der Waals surface area (Å²) in [6.07, 6.45) is 0. The van der Waals surface area contributed by atoms with Gasteiger partial charge in [-0.3, -0.25) is 4.79 Å². The van der Waals surface area contributed by atoms with Crippen LogP contribution in [-0.4, -0.2) is 11.9 Å². The third-order valence-corrected chi connectivity index (χ3v) is 2.97. The van der Waals surface area contributed by atoms with Crippen LogP contribution in [0.5, 0.6) is 0 Å². The topological polar surface area (TPSA) is 69.2 Å². The van der Waals surface area contributed by atoms with E-state index in [0.29, 0.717) is 6.54 Å². The highest BCUT2D eigenvalue weighted by Crippen LogP contribution is 2.08. The number of carbonyl (C=O) groups is 2.